The van der Waals surface area contributed by atoms with E-state index in [-0.39, 0.29) is 10.8 Å². The number of fused-ring (bicyclic) bond motifs is 2. The van der Waals surface area contributed by atoms with Gasteiger partial charge < -0.3 is 0 Å². The molecule has 9 heteroatoms. The Morgan fingerprint density at radius 1 is 0.879 bits per heavy atom. The third-order valence-electron chi connectivity index (χ3n) is 7.74. The van der Waals surface area contributed by atoms with Crippen molar-refractivity contribution in [1.29, 1.82) is 0 Å². The van der Waals surface area contributed by atoms with Crippen LogP contribution in [0.5, 0.6) is 0 Å². The molecule has 2 aliphatic carbocycles. The minimum atomic E-state index is 0.131. The third kappa shape index (κ3) is 4.15. The van der Waals surface area contributed by atoms with Crippen LogP contribution in [0.25, 0.3) is 22.8 Å². The van der Waals surface area contributed by atoms with Crippen molar-refractivity contribution in [3.63, 3.8) is 0 Å². The van der Waals surface area contributed by atoms with Gasteiger partial charge in [0, 0.05) is 22.0 Å². The van der Waals surface area contributed by atoms with Crippen molar-refractivity contribution < 1.29 is 0 Å². The molecule has 3 aromatic rings. The zero-order chi connectivity index (χ0) is 23.4. The van der Waals surface area contributed by atoms with Gasteiger partial charge in [-0.2, -0.15) is 10.2 Å². The van der Waals surface area contributed by atoms with Crippen molar-refractivity contribution in [3.05, 3.63) is 40.7 Å². The molecule has 0 saturated heterocycles. The zero-order valence-corrected chi connectivity index (χ0v) is 26.0. The maximum absolute atomic E-state index is 5.29. The minimum Gasteiger partial charge on any atom is -0.244 e. The van der Waals surface area contributed by atoms with Gasteiger partial charge in [-0.3, -0.25) is 0 Å². The summed E-state index contributed by atoms with van der Waals surface area (Å²) in [6.45, 7) is 9.36. The molecule has 3 heterocycles. The summed E-state index contributed by atoms with van der Waals surface area (Å²) in [6.07, 6.45) is 9.33. The van der Waals surface area contributed by atoms with E-state index in [2.05, 4.69) is 98.9 Å². The van der Waals surface area contributed by atoms with Crippen molar-refractivity contribution >= 4 is 56.8 Å². The Hall–Kier alpha value is -0.110. The maximum atomic E-state index is 5.29. The molecule has 0 saturated carbocycles. The average Bonchev–Trinajstić information content (AvgIpc) is 3.39. The molecule has 176 valence electrons. The van der Waals surface area contributed by atoms with E-state index >= 15 is 0 Å². The van der Waals surface area contributed by atoms with E-state index in [1.54, 1.807) is 0 Å². The molecule has 3 unspecified atom stereocenters. The second-order valence-corrected chi connectivity index (χ2v) is 14.3. The Morgan fingerprint density at radius 2 is 1.42 bits per heavy atom. The fraction of sp³-hybridized carbons (Fsp3) is 0.542. The summed E-state index contributed by atoms with van der Waals surface area (Å²) in [5.74, 6) is 0. The molecular weight excluding hydrogens is 674 g/mol. The zero-order valence-electron chi connectivity index (χ0n) is 19.7. The monoisotopic (exact) mass is 705 g/mol. The molecule has 0 radical (unpaired) electrons. The van der Waals surface area contributed by atoms with Crippen LogP contribution in [0.1, 0.15) is 82.3 Å². The minimum absolute atomic E-state index is 0.131. The molecule has 0 spiro atoms. The molecule has 0 amide bonds. The van der Waals surface area contributed by atoms with Gasteiger partial charge in [0.1, 0.15) is 0 Å². The van der Waals surface area contributed by atoms with Crippen molar-refractivity contribution in [1.82, 2.24) is 24.1 Å². The number of pyridine rings is 1. The van der Waals surface area contributed by atoms with Gasteiger partial charge in [-0.15, -0.1) is 0 Å². The SMILES string of the molecule is CCC1(C)CCCc2c1nn(PI)c2-c1cccc(-c2c3c(nn2PI)C(C)(C)CCC3)n1. The normalized spacial score (nSPS) is 22.4. The van der Waals surface area contributed by atoms with Crippen LogP contribution in [0.3, 0.4) is 0 Å². The lowest BCUT2D eigenvalue weighted by Gasteiger charge is -2.31. The first-order valence-electron chi connectivity index (χ1n) is 11.8. The predicted octanol–water partition coefficient (Wildman–Crippen LogP) is 8.01. The number of rotatable bonds is 5. The molecule has 3 aromatic heterocycles. The number of halogens is 2. The fourth-order valence-electron chi connectivity index (χ4n) is 5.69. The highest BCUT2D eigenvalue weighted by molar-refractivity contribution is 14.2. The summed E-state index contributed by atoms with van der Waals surface area (Å²) in [7, 11) is 0. The largest absolute Gasteiger partial charge is 0.244 e. The molecule has 0 N–H and O–H groups in total. The van der Waals surface area contributed by atoms with E-state index in [9.17, 15) is 0 Å². The summed E-state index contributed by atoms with van der Waals surface area (Å²) in [5.41, 5.74) is 10.3. The van der Waals surface area contributed by atoms with Crippen molar-refractivity contribution in [2.45, 2.75) is 83.5 Å². The third-order valence-corrected chi connectivity index (χ3v) is 11.4. The van der Waals surface area contributed by atoms with E-state index in [1.807, 2.05) is 0 Å². The summed E-state index contributed by atoms with van der Waals surface area (Å²) in [6, 6.07) is 6.52. The van der Waals surface area contributed by atoms with Crippen LogP contribution in [0.4, 0.5) is 0 Å². The fourth-order valence-corrected chi connectivity index (χ4v) is 8.73. The molecule has 0 aromatic carbocycles. The number of hydrogen-bond donors (Lipinski definition) is 0. The lowest BCUT2D eigenvalue weighted by molar-refractivity contribution is 0.371. The standard InChI is InChI=1S/C24H31I2N5P2/c1-5-24(4)14-8-10-16-20(31(33-26)29-22(16)24)18-12-6-11-17(27-18)19-15-9-7-13-23(2,3)21(15)28-30(19)32-25/h6,11-12,32-33H,5,7-10,13-14H2,1-4H3. The van der Waals surface area contributed by atoms with Crippen LogP contribution in [0.15, 0.2) is 18.2 Å². The van der Waals surface area contributed by atoms with E-state index in [4.69, 9.17) is 15.2 Å². The molecule has 5 rings (SSSR count). The molecular formula is C24H31I2N5P2. The van der Waals surface area contributed by atoms with Gasteiger partial charge in [-0.25, -0.2) is 13.9 Å². The first-order chi connectivity index (χ1) is 15.8. The van der Waals surface area contributed by atoms with Crippen molar-refractivity contribution in [2.75, 3.05) is 0 Å². The number of nitrogens with zero attached hydrogens (tertiary/aromatic N) is 5. The number of hydrogen-bond acceptors (Lipinski definition) is 3. The Bertz CT molecular complexity index is 1200. The quantitative estimate of drug-likeness (QED) is 0.200. The Morgan fingerprint density at radius 3 is 2.00 bits per heavy atom. The van der Waals surface area contributed by atoms with Crippen LogP contribution in [-0.2, 0) is 23.7 Å². The van der Waals surface area contributed by atoms with Crippen molar-refractivity contribution in [3.8, 4) is 22.8 Å². The smallest absolute Gasteiger partial charge is 0.0948 e. The number of aromatic nitrogens is 5. The van der Waals surface area contributed by atoms with Gasteiger partial charge in [0.25, 0.3) is 0 Å². The Labute approximate surface area is 226 Å². The summed E-state index contributed by atoms with van der Waals surface area (Å²) >= 11 is 4.92. The topological polar surface area (TPSA) is 48.5 Å². The molecule has 0 bridgehead atoms. The average molecular weight is 705 g/mol. The van der Waals surface area contributed by atoms with Gasteiger partial charge in [-0.05, 0) is 101 Å². The van der Waals surface area contributed by atoms with Crippen LogP contribution in [-0.4, -0.2) is 24.1 Å². The first kappa shape index (κ1) is 24.6. The molecule has 0 aliphatic heterocycles. The lowest BCUT2D eigenvalue weighted by Crippen LogP contribution is -2.26. The highest BCUT2D eigenvalue weighted by atomic mass is 127. The summed E-state index contributed by atoms with van der Waals surface area (Å²) in [4.78, 5) is 5.29. The Kier molecular flexibility index (Phi) is 7.00. The second kappa shape index (κ2) is 9.40. The molecule has 3 atom stereocenters. The summed E-state index contributed by atoms with van der Waals surface area (Å²) in [5, 5.41) is 10.2. The van der Waals surface area contributed by atoms with Crippen LogP contribution in [0.2, 0.25) is 0 Å². The van der Waals surface area contributed by atoms with Crippen LogP contribution in [0, 0.1) is 0 Å². The van der Waals surface area contributed by atoms with Gasteiger partial charge in [0.2, 0.25) is 0 Å². The molecule has 5 nitrogen and oxygen atoms in total. The van der Waals surface area contributed by atoms with E-state index in [1.165, 1.54) is 59.6 Å². The van der Waals surface area contributed by atoms with Crippen molar-refractivity contribution in [2.24, 2.45) is 0 Å². The molecule has 33 heavy (non-hydrogen) atoms. The molecule has 2 aliphatic rings. The lowest BCUT2D eigenvalue weighted by atomic mass is 9.73. The predicted molar refractivity (Wildman–Crippen MR) is 159 cm³/mol. The molecule has 0 fully saturated rings. The highest BCUT2D eigenvalue weighted by Crippen LogP contribution is 2.47. The second-order valence-electron chi connectivity index (χ2n) is 10.3. The maximum Gasteiger partial charge on any atom is 0.0948 e. The van der Waals surface area contributed by atoms with Gasteiger partial charge in [-0.1, -0.05) is 33.8 Å². The van der Waals surface area contributed by atoms with E-state index in [0.717, 1.165) is 30.7 Å². The van der Waals surface area contributed by atoms with Gasteiger partial charge >= 0.3 is 0 Å². The first-order valence-corrected chi connectivity index (χ1v) is 19.9. The summed E-state index contributed by atoms with van der Waals surface area (Å²) < 4.78 is 4.41. The highest BCUT2D eigenvalue weighted by Gasteiger charge is 2.37. The van der Waals surface area contributed by atoms with Crippen LogP contribution < -0.4 is 0 Å². The Balaban J connectivity index is 1.67. The van der Waals surface area contributed by atoms with Gasteiger partial charge in [0.15, 0.2) is 0 Å². The van der Waals surface area contributed by atoms with Crippen LogP contribution >= 0.6 is 56.8 Å². The van der Waals surface area contributed by atoms with Gasteiger partial charge in [0.05, 0.1) is 46.9 Å². The van der Waals surface area contributed by atoms with E-state index in [0.29, 0.717) is 12.7 Å². The van der Waals surface area contributed by atoms with E-state index < -0.39 is 0 Å².